The van der Waals surface area contributed by atoms with Gasteiger partial charge in [-0.2, -0.15) is 5.26 Å². The molecule has 0 bridgehead atoms. The molecule has 0 aliphatic rings. The first-order valence-electron chi connectivity index (χ1n) is 6.90. The Bertz CT molecular complexity index is 749. The third-order valence-electron chi connectivity index (χ3n) is 3.50. The summed E-state index contributed by atoms with van der Waals surface area (Å²) in [6, 6.07) is 20.5. The Kier molecular flexibility index (Phi) is 3.73. The van der Waals surface area contributed by atoms with Crippen molar-refractivity contribution >= 4 is 0 Å². The van der Waals surface area contributed by atoms with E-state index in [0.717, 1.165) is 0 Å². The third kappa shape index (κ3) is 2.39. The maximum absolute atomic E-state index is 11.4. The van der Waals surface area contributed by atoms with Gasteiger partial charge in [-0.1, -0.05) is 60.7 Å². The van der Waals surface area contributed by atoms with Gasteiger partial charge >= 0.3 is 0 Å². The standard InChI is InChI=1S/C18H14N2O2/c19-12-11-16-13-20-17(22-16)18(21,14-7-3-1-4-8-14)15-9-5-2-6-10-15/h1-10,13,21H,11H2. The molecule has 3 rings (SSSR count). The maximum Gasteiger partial charge on any atom is 0.236 e. The summed E-state index contributed by atoms with van der Waals surface area (Å²) in [5.74, 6) is 0.595. The van der Waals surface area contributed by atoms with Gasteiger partial charge in [-0.05, 0) is 11.1 Å². The number of nitrogens with zero attached hydrogens (tertiary/aromatic N) is 2. The van der Waals surface area contributed by atoms with Gasteiger partial charge < -0.3 is 9.52 Å². The van der Waals surface area contributed by atoms with Crippen molar-refractivity contribution in [1.29, 1.82) is 5.26 Å². The van der Waals surface area contributed by atoms with E-state index in [1.54, 1.807) is 0 Å². The summed E-state index contributed by atoms with van der Waals surface area (Å²) in [7, 11) is 0. The normalized spacial score (nSPS) is 11.1. The third-order valence-corrected chi connectivity index (χ3v) is 3.50. The number of aliphatic hydroxyl groups is 1. The zero-order chi connectivity index (χ0) is 15.4. The van der Waals surface area contributed by atoms with Crippen LogP contribution in [0.2, 0.25) is 0 Å². The smallest absolute Gasteiger partial charge is 0.236 e. The van der Waals surface area contributed by atoms with Gasteiger partial charge in [0.25, 0.3) is 0 Å². The predicted molar refractivity (Wildman–Crippen MR) is 80.8 cm³/mol. The molecule has 0 fully saturated rings. The molecule has 1 heterocycles. The van der Waals surface area contributed by atoms with Crippen molar-refractivity contribution in [3.05, 3.63) is 89.6 Å². The van der Waals surface area contributed by atoms with Gasteiger partial charge in [-0.15, -0.1) is 0 Å². The fourth-order valence-electron chi connectivity index (χ4n) is 2.41. The second-order valence-electron chi connectivity index (χ2n) is 4.91. The lowest BCUT2D eigenvalue weighted by Crippen LogP contribution is -2.29. The van der Waals surface area contributed by atoms with Crippen molar-refractivity contribution in [2.75, 3.05) is 0 Å². The van der Waals surface area contributed by atoms with Crippen molar-refractivity contribution < 1.29 is 9.52 Å². The topological polar surface area (TPSA) is 70.0 Å². The Balaban J connectivity index is 2.17. The highest BCUT2D eigenvalue weighted by molar-refractivity contribution is 5.41. The fourth-order valence-corrected chi connectivity index (χ4v) is 2.41. The summed E-state index contributed by atoms with van der Waals surface area (Å²) in [5.41, 5.74) is -0.172. The second kappa shape index (κ2) is 5.84. The highest BCUT2D eigenvalue weighted by atomic mass is 16.4. The number of aromatic nitrogens is 1. The number of hydrogen-bond acceptors (Lipinski definition) is 4. The van der Waals surface area contributed by atoms with Crippen LogP contribution in [0.1, 0.15) is 22.8 Å². The molecule has 0 radical (unpaired) electrons. The summed E-state index contributed by atoms with van der Waals surface area (Å²) >= 11 is 0. The number of nitriles is 1. The lowest BCUT2D eigenvalue weighted by atomic mass is 9.86. The average molecular weight is 290 g/mol. The summed E-state index contributed by atoms with van der Waals surface area (Å²) < 4.78 is 5.61. The minimum absolute atomic E-state index is 0.118. The number of hydrogen-bond donors (Lipinski definition) is 1. The predicted octanol–water partition coefficient (Wildman–Crippen LogP) is 3.02. The Morgan fingerprint density at radius 2 is 1.55 bits per heavy atom. The lowest BCUT2D eigenvalue weighted by Gasteiger charge is -2.26. The summed E-state index contributed by atoms with van der Waals surface area (Å²) in [4.78, 5) is 4.19. The van der Waals surface area contributed by atoms with E-state index in [4.69, 9.17) is 9.68 Å². The molecule has 108 valence electrons. The van der Waals surface area contributed by atoms with Gasteiger partial charge in [0.2, 0.25) is 5.89 Å². The van der Waals surface area contributed by atoms with Crippen LogP contribution < -0.4 is 0 Å². The van der Waals surface area contributed by atoms with Gasteiger partial charge in [-0.25, -0.2) is 4.98 Å². The molecular weight excluding hydrogens is 276 g/mol. The van der Waals surface area contributed by atoms with E-state index in [1.165, 1.54) is 6.20 Å². The highest BCUT2D eigenvalue weighted by Gasteiger charge is 2.38. The molecule has 0 saturated heterocycles. The van der Waals surface area contributed by atoms with Crippen molar-refractivity contribution in [1.82, 2.24) is 4.98 Å². The molecule has 0 aliphatic carbocycles. The van der Waals surface area contributed by atoms with E-state index in [9.17, 15) is 5.11 Å². The van der Waals surface area contributed by atoms with Gasteiger partial charge in [0, 0.05) is 0 Å². The van der Waals surface area contributed by atoms with E-state index >= 15 is 0 Å². The van der Waals surface area contributed by atoms with Crippen LogP contribution in [-0.2, 0) is 12.0 Å². The Morgan fingerprint density at radius 3 is 2.05 bits per heavy atom. The van der Waals surface area contributed by atoms with E-state index in [2.05, 4.69) is 4.98 Å². The van der Waals surface area contributed by atoms with Crippen LogP contribution in [0.4, 0.5) is 0 Å². The van der Waals surface area contributed by atoms with Gasteiger partial charge in [0.15, 0.2) is 5.60 Å². The molecule has 2 aromatic carbocycles. The zero-order valence-corrected chi connectivity index (χ0v) is 11.8. The van der Waals surface area contributed by atoms with Crippen molar-refractivity contribution in [2.24, 2.45) is 0 Å². The number of benzene rings is 2. The van der Waals surface area contributed by atoms with Crippen LogP contribution in [0.5, 0.6) is 0 Å². The zero-order valence-electron chi connectivity index (χ0n) is 11.8. The molecule has 3 aromatic rings. The molecule has 0 aliphatic heterocycles. The van der Waals surface area contributed by atoms with E-state index < -0.39 is 5.60 Å². The first-order valence-corrected chi connectivity index (χ1v) is 6.90. The van der Waals surface area contributed by atoms with Crippen molar-refractivity contribution in [3.8, 4) is 6.07 Å². The maximum atomic E-state index is 11.4. The quantitative estimate of drug-likeness (QED) is 0.801. The van der Waals surface area contributed by atoms with Crippen molar-refractivity contribution in [2.45, 2.75) is 12.0 Å². The molecular formula is C18H14N2O2. The molecule has 1 N–H and O–H groups in total. The highest BCUT2D eigenvalue weighted by Crippen LogP contribution is 2.36. The minimum atomic E-state index is -1.49. The van der Waals surface area contributed by atoms with Crippen LogP contribution in [0.25, 0.3) is 0 Å². The van der Waals surface area contributed by atoms with E-state index in [1.807, 2.05) is 66.7 Å². The molecule has 0 saturated carbocycles. The Labute approximate surface area is 128 Å². The van der Waals surface area contributed by atoms with E-state index in [0.29, 0.717) is 16.9 Å². The Hall–Kier alpha value is -2.90. The summed E-state index contributed by atoms with van der Waals surface area (Å²) in [6.45, 7) is 0. The lowest BCUT2D eigenvalue weighted by molar-refractivity contribution is 0.0916. The van der Waals surface area contributed by atoms with Crippen LogP contribution in [0.3, 0.4) is 0 Å². The molecule has 4 nitrogen and oxygen atoms in total. The fraction of sp³-hybridized carbons (Fsp3) is 0.111. The minimum Gasteiger partial charge on any atom is -0.441 e. The molecule has 0 atom stereocenters. The van der Waals surface area contributed by atoms with Gasteiger partial charge in [0.1, 0.15) is 5.76 Å². The largest absolute Gasteiger partial charge is 0.441 e. The Morgan fingerprint density at radius 1 is 1.00 bits per heavy atom. The molecule has 0 unspecified atom stereocenters. The van der Waals surface area contributed by atoms with Crippen LogP contribution >= 0.6 is 0 Å². The monoisotopic (exact) mass is 290 g/mol. The molecule has 4 heteroatoms. The summed E-state index contributed by atoms with van der Waals surface area (Å²) in [6.07, 6.45) is 1.60. The number of rotatable bonds is 4. The molecule has 1 aromatic heterocycles. The van der Waals surface area contributed by atoms with Gasteiger partial charge in [-0.3, -0.25) is 0 Å². The van der Waals surface area contributed by atoms with Crippen LogP contribution in [0, 0.1) is 11.3 Å². The first-order chi connectivity index (χ1) is 10.7. The second-order valence-corrected chi connectivity index (χ2v) is 4.91. The SMILES string of the molecule is N#CCc1cnc(C(O)(c2ccccc2)c2ccccc2)o1. The molecule has 0 spiro atoms. The molecule has 0 amide bonds. The first kappa shape index (κ1) is 14.1. The average Bonchev–Trinajstić information content (AvgIpc) is 3.05. The van der Waals surface area contributed by atoms with Gasteiger partial charge in [0.05, 0.1) is 18.7 Å². The van der Waals surface area contributed by atoms with E-state index in [-0.39, 0.29) is 12.3 Å². The number of oxazole rings is 1. The van der Waals surface area contributed by atoms with Crippen LogP contribution in [0.15, 0.2) is 71.3 Å². The van der Waals surface area contributed by atoms with Crippen molar-refractivity contribution in [3.63, 3.8) is 0 Å². The van der Waals surface area contributed by atoms with Crippen LogP contribution in [-0.4, -0.2) is 10.1 Å². The summed E-state index contributed by atoms with van der Waals surface area (Å²) in [5, 5.41) is 20.1. The molecule has 22 heavy (non-hydrogen) atoms.